The lowest BCUT2D eigenvalue weighted by Gasteiger charge is -2.23. The Morgan fingerprint density at radius 2 is 0.792 bits per heavy atom. The van der Waals surface area contributed by atoms with Crippen molar-refractivity contribution in [1.29, 1.82) is 0 Å². The van der Waals surface area contributed by atoms with Crippen LogP contribution in [0.15, 0.2) is 12.2 Å². The minimum absolute atomic E-state index is 0.315. The summed E-state index contributed by atoms with van der Waals surface area (Å²) in [6.07, 6.45) is 45.0. The van der Waals surface area contributed by atoms with Crippen molar-refractivity contribution in [3.63, 3.8) is 0 Å². The SMILES string of the molecule is CCCCC/C=C\CCCCCCC(O)C(=O)NC(CO)C(O)CCCCCCCCCCCCCCCCCCCCCCCCC. The fourth-order valence-corrected chi connectivity index (χ4v) is 6.72. The van der Waals surface area contributed by atoms with Crippen LogP contribution in [-0.4, -0.2) is 46.1 Å². The van der Waals surface area contributed by atoms with Crippen LogP contribution in [-0.2, 0) is 4.79 Å². The van der Waals surface area contributed by atoms with E-state index >= 15 is 0 Å². The molecular formula is C43H85NO4. The van der Waals surface area contributed by atoms with Crippen LogP contribution < -0.4 is 5.32 Å². The summed E-state index contributed by atoms with van der Waals surface area (Å²) in [6, 6.07) is -0.712. The monoisotopic (exact) mass is 680 g/mol. The highest BCUT2D eigenvalue weighted by Gasteiger charge is 2.23. The molecule has 5 heteroatoms. The van der Waals surface area contributed by atoms with Gasteiger partial charge in [0.25, 0.3) is 0 Å². The average Bonchev–Trinajstić information content (AvgIpc) is 3.09. The van der Waals surface area contributed by atoms with Crippen LogP contribution in [0, 0.1) is 0 Å². The molecule has 0 aromatic heterocycles. The number of allylic oxidation sites excluding steroid dienone is 2. The van der Waals surface area contributed by atoms with Gasteiger partial charge in [-0.3, -0.25) is 4.79 Å². The number of amides is 1. The van der Waals surface area contributed by atoms with Crippen molar-refractivity contribution in [3.05, 3.63) is 12.2 Å². The molecule has 0 spiro atoms. The Morgan fingerprint density at radius 1 is 0.479 bits per heavy atom. The van der Waals surface area contributed by atoms with Crippen molar-refractivity contribution in [3.8, 4) is 0 Å². The fraction of sp³-hybridized carbons (Fsp3) is 0.930. The maximum atomic E-state index is 12.4. The molecule has 0 heterocycles. The Morgan fingerprint density at radius 3 is 1.19 bits per heavy atom. The van der Waals surface area contributed by atoms with Gasteiger partial charge in [0.2, 0.25) is 5.91 Å². The number of aliphatic hydroxyl groups is 3. The third-order valence-electron chi connectivity index (χ3n) is 10.1. The average molecular weight is 680 g/mol. The number of hydrogen-bond acceptors (Lipinski definition) is 4. The molecule has 0 saturated heterocycles. The van der Waals surface area contributed by atoms with Gasteiger partial charge in [-0.1, -0.05) is 206 Å². The van der Waals surface area contributed by atoms with E-state index in [1.54, 1.807) is 0 Å². The van der Waals surface area contributed by atoms with Crippen LogP contribution in [0.3, 0.4) is 0 Å². The van der Waals surface area contributed by atoms with Crippen LogP contribution in [0.1, 0.15) is 232 Å². The van der Waals surface area contributed by atoms with Crippen LogP contribution in [0.4, 0.5) is 0 Å². The summed E-state index contributed by atoms with van der Waals surface area (Å²) in [7, 11) is 0. The Labute approximate surface area is 299 Å². The maximum Gasteiger partial charge on any atom is 0.249 e. The number of carbonyl (C=O) groups is 1. The van der Waals surface area contributed by atoms with Crippen LogP contribution in [0.25, 0.3) is 0 Å². The predicted octanol–water partition coefficient (Wildman–Crippen LogP) is 12.0. The van der Waals surface area contributed by atoms with Crippen molar-refractivity contribution in [2.45, 2.75) is 250 Å². The molecule has 4 N–H and O–H groups in total. The molecule has 48 heavy (non-hydrogen) atoms. The number of carbonyl (C=O) groups excluding carboxylic acids is 1. The van der Waals surface area contributed by atoms with Gasteiger partial charge in [-0.15, -0.1) is 0 Å². The van der Waals surface area contributed by atoms with Gasteiger partial charge < -0.3 is 20.6 Å². The molecule has 3 unspecified atom stereocenters. The summed E-state index contributed by atoms with van der Waals surface area (Å²) in [5.41, 5.74) is 0. The summed E-state index contributed by atoms with van der Waals surface area (Å²) >= 11 is 0. The van der Waals surface area contributed by atoms with Gasteiger partial charge in [0.15, 0.2) is 0 Å². The van der Waals surface area contributed by atoms with E-state index in [-0.39, 0.29) is 6.61 Å². The van der Waals surface area contributed by atoms with Crippen molar-refractivity contribution >= 4 is 5.91 Å². The van der Waals surface area contributed by atoms with Crippen LogP contribution in [0.5, 0.6) is 0 Å². The fourth-order valence-electron chi connectivity index (χ4n) is 6.72. The first-order valence-electron chi connectivity index (χ1n) is 21.5. The molecule has 1 amide bonds. The molecular weight excluding hydrogens is 594 g/mol. The van der Waals surface area contributed by atoms with E-state index in [4.69, 9.17) is 0 Å². The Hall–Kier alpha value is -0.910. The van der Waals surface area contributed by atoms with Crippen LogP contribution in [0.2, 0.25) is 0 Å². The third kappa shape index (κ3) is 33.6. The van der Waals surface area contributed by atoms with Gasteiger partial charge in [0.1, 0.15) is 6.10 Å². The molecule has 286 valence electrons. The first kappa shape index (κ1) is 47.1. The van der Waals surface area contributed by atoms with Gasteiger partial charge in [-0.25, -0.2) is 0 Å². The highest BCUT2D eigenvalue weighted by atomic mass is 16.3. The Kier molecular flexibility index (Phi) is 38.1. The zero-order chi connectivity index (χ0) is 35.2. The van der Waals surface area contributed by atoms with Crippen molar-refractivity contribution < 1.29 is 20.1 Å². The summed E-state index contributed by atoms with van der Waals surface area (Å²) in [4.78, 5) is 12.4. The third-order valence-corrected chi connectivity index (χ3v) is 10.1. The van der Waals surface area contributed by atoms with Gasteiger partial charge in [-0.2, -0.15) is 0 Å². The molecule has 0 bridgehead atoms. The summed E-state index contributed by atoms with van der Waals surface area (Å²) in [6.45, 7) is 4.20. The lowest BCUT2D eigenvalue weighted by molar-refractivity contribution is -0.131. The molecule has 0 aromatic rings. The van der Waals surface area contributed by atoms with Gasteiger partial charge in [0.05, 0.1) is 18.8 Å². The zero-order valence-electron chi connectivity index (χ0n) is 32.4. The molecule has 0 rings (SSSR count). The minimum Gasteiger partial charge on any atom is -0.394 e. The van der Waals surface area contributed by atoms with Gasteiger partial charge >= 0.3 is 0 Å². The largest absolute Gasteiger partial charge is 0.394 e. The molecule has 0 aliphatic carbocycles. The van der Waals surface area contributed by atoms with E-state index in [0.29, 0.717) is 12.8 Å². The molecule has 0 aromatic carbocycles. The molecule has 3 atom stereocenters. The maximum absolute atomic E-state index is 12.4. The zero-order valence-corrected chi connectivity index (χ0v) is 32.4. The van der Waals surface area contributed by atoms with Crippen LogP contribution >= 0.6 is 0 Å². The topological polar surface area (TPSA) is 89.8 Å². The molecule has 0 aliphatic rings. The van der Waals surface area contributed by atoms with E-state index in [0.717, 1.165) is 44.9 Å². The number of aliphatic hydroxyl groups excluding tert-OH is 3. The first-order chi connectivity index (χ1) is 23.6. The standard InChI is InChI=1S/C43H85NO4/c1-3-5-7-9-11-13-15-16-17-18-19-20-21-22-23-24-25-26-28-29-31-33-35-37-41(46)40(39-45)44-43(48)42(47)38-36-34-32-30-27-14-12-10-8-6-4-2/h12,14,40-42,45-47H,3-11,13,15-39H2,1-2H3,(H,44,48)/b14-12-. The first-order valence-corrected chi connectivity index (χ1v) is 21.5. The molecule has 0 fully saturated rings. The van der Waals surface area contributed by atoms with Crippen molar-refractivity contribution in [1.82, 2.24) is 5.32 Å². The second kappa shape index (κ2) is 38.9. The van der Waals surface area contributed by atoms with E-state index in [9.17, 15) is 20.1 Å². The highest BCUT2D eigenvalue weighted by Crippen LogP contribution is 2.16. The van der Waals surface area contributed by atoms with E-state index in [1.165, 1.54) is 161 Å². The van der Waals surface area contributed by atoms with Crippen molar-refractivity contribution in [2.24, 2.45) is 0 Å². The molecule has 5 nitrogen and oxygen atoms in total. The quantitative estimate of drug-likeness (QED) is 0.0384. The predicted molar refractivity (Wildman–Crippen MR) is 208 cm³/mol. The second-order valence-electron chi connectivity index (χ2n) is 14.9. The van der Waals surface area contributed by atoms with E-state index < -0.39 is 24.2 Å². The van der Waals surface area contributed by atoms with E-state index in [1.807, 2.05) is 0 Å². The normalized spacial score (nSPS) is 13.7. The van der Waals surface area contributed by atoms with Crippen molar-refractivity contribution in [2.75, 3.05) is 6.61 Å². The Balaban J connectivity index is 3.56. The van der Waals surface area contributed by atoms with E-state index in [2.05, 4.69) is 31.3 Å². The molecule has 0 saturated carbocycles. The highest BCUT2D eigenvalue weighted by molar-refractivity contribution is 5.80. The molecule has 0 aliphatic heterocycles. The minimum atomic E-state index is -1.08. The number of rotatable bonds is 39. The van der Waals surface area contributed by atoms with Gasteiger partial charge in [0, 0.05) is 0 Å². The number of unbranched alkanes of at least 4 members (excludes halogenated alkanes) is 29. The Bertz CT molecular complexity index is 669. The summed E-state index contributed by atoms with van der Waals surface area (Å²) in [5, 5.41) is 33.2. The summed E-state index contributed by atoms with van der Waals surface area (Å²) < 4.78 is 0. The lowest BCUT2D eigenvalue weighted by Crippen LogP contribution is -2.49. The number of hydrogen-bond donors (Lipinski definition) is 4. The molecule has 0 radical (unpaired) electrons. The lowest BCUT2D eigenvalue weighted by atomic mass is 10.0. The summed E-state index contributed by atoms with van der Waals surface area (Å²) in [5.74, 6) is -0.479. The number of nitrogens with one attached hydrogen (secondary N) is 1. The van der Waals surface area contributed by atoms with Gasteiger partial charge in [-0.05, 0) is 38.5 Å². The second-order valence-corrected chi connectivity index (χ2v) is 14.9. The smallest absolute Gasteiger partial charge is 0.249 e.